The first-order valence-corrected chi connectivity index (χ1v) is 5.09. The average Bonchev–Trinajstić information content (AvgIpc) is 2.18. The first-order chi connectivity index (χ1) is 8.01. The molecule has 0 saturated carbocycles. The maximum Gasteiger partial charge on any atom is 0.416 e. The van der Waals surface area contributed by atoms with Crippen molar-refractivity contribution in [3.63, 3.8) is 0 Å². The number of carbonyl (C=O) groups is 1. The zero-order chi connectivity index (χ0) is 14.1. The topological polar surface area (TPSA) is 81.1 Å². The molecule has 0 saturated heterocycles. The maximum absolute atomic E-state index is 12.5. The fourth-order valence-corrected chi connectivity index (χ4v) is 1.12. The molecule has 0 radical (unpaired) electrons. The van der Waals surface area contributed by atoms with Gasteiger partial charge < -0.3 is 16.8 Å². The maximum atomic E-state index is 12.5. The van der Waals surface area contributed by atoms with E-state index < -0.39 is 23.2 Å². The van der Waals surface area contributed by atoms with Crippen molar-refractivity contribution in [2.45, 2.75) is 25.6 Å². The van der Waals surface area contributed by atoms with Gasteiger partial charge in [0.25, 0.3) is 0 Å². The van der Waals surface area contributed by atoms with Gasteiger partial charge in [-0.25, -0.2) is 0 Å². The minimum absolute atomic E-state index is 0.0422. The van der Waals surface area contributed by atoms with E-state index in [0.717, 1.165) is 18.2 Å². The molecule has 0 aromatic heterocycles. The number of halogens is 3. The van der Waals surface area contributed by atoms with Gasteiger partial charge in [-0.1, -0.05) is 0 Å². The third kappa shape index (κ3) is 3.36. The third-order valence-electron chi connectivity index (χ3n) is 2.21. The minimum Gasteiger partial charge on any atom is -0.397 e. The molecule has 1 aromatic carbocycles. The standard InChI is InChI=1S/C11H14F3N3O/c1-10(2,16)9(18)17-8-5-6(11(12,13)14)3-4-7(8)15/h3-5H,15-16H2,1-2H3,(H,17,18). The van der Waals surface area contributed by atoms with E-state index in [9.17, 15) is 18.0 Å². The zero-order valence-electron chi connectivity index (χ0n) is 9.93. The van der Waals surface area contributed by atoms with Crippen molar-refractivity contribution in [1.82, 2.24) is 0 Å². The van der Waals surface area contributed by atoms with Crippen LogP contribution in [-0.4, -0.2) is 11.4 Å². The highest BCUT2D eigenvalue weighted by atomic mass is 19.4. The van der Waals surface area contributed by atoms with Crippen LogP contribution in [0, 0.1) is 0 Å². The lowest BCUT2D eigenvalue weighted by Crippen LogP contribution is -2.45. The zero-order valence-corrected chi connectivity index (χ0v) is 9.93. The summed E-state index contributed by atoms with van der Waals surface area (Å²) in [5.74, 6) is -0.617. The van der Waals surface area contributed by atoms with E-state index in [2.05, 4.69) is 5.32 Å². The van der Waals surface area contributed by atoms with Crippen LogP contribution in [0.4, 0.5) is 24.5 Å². The van der Waals surface area contributed by atoms with Crippen LogP contribution < -0.4 is 16.8 Å². The van der Waals surface area contributed by atoms with Gasteiger partial charge in [-0.05, 0) is 32.0 Å². The molecule has 7 heteroatoms. The predicted octanol–water partition coefficient (Wildman–Crippen LogP) is 1.96. The van der Waals surface area contributed by atoms with Gasteiger partial charge >= 0.3 is 6.18 Å². The Labute approximate surface area is 102 Å². The summed E-state index contributed by atoms with van der Waals surface area (Å²) in [5, 5.41) is 2.27. The molecule has 18 heavy (non-hydrogen) atoms. The Kier molecular flexibility index (Phi) is 3.57. The van der Waals surface area contributed by atoms with Crippen LogP contribution in [0.2, 0.25) is 0 Å². The fourth-order valence-electron chi connectivity index (χ4n) is 1.12. The Hall–Kier alpha value is -1.76. The Bertz CT molecular complexity index is 464. The van der Waals surface area contributed by atoms with E-state index >= 15 is 0 Å². The van der Waals surface area contributed by atoms with E-state index in [1.165, 1.54) is 13.8 Å². The van der Waals surface area contributed by atoms with Gasteiger partial charge in [-0.2, -0.15) is 13.2 Å². The summed E-state index contributed by atoms with van der Waals surface area (Å²) in [5.41, 5.74) is 8.87. The second-order valence-electron chi connectivity index (χ2n) is 4.48. The van der Waals surface area contributed by atoms with Crippen molar-refractivity contribution < 1.29 is 18.0 Å². The van der Waals surface area contributed by atoms with Crippen molar-refractivity contribution >= 4 is 17.3 Å². The number of benzene rings is 1. The molecule has 0 atom stereocenters. The van der Waals surface area contributed by atoms with Crippen molar-refractivity contribution in [2.24, 2.45) is 5.73 Å². The summed E-state index contributed by atoms with van der Waals surface area (Å²) in [4.78, 5) is 11.6. The van der Waals surface area contributed by atoms with Crippen molar-refractivity contribution in [1.29, 1.82) is 0 Å². The van der Waals surface area contributed by atoms with E-state index in [4.69, 9.17) is 11.5 Å². The summed E-state index contributed by atoms with van der Waals surface area (Å²) in [6.07, 6.45) is -4.49. The summed E-state index contributed by atoms with van der Waals surface area (Å²) < 4.78 is 37.5. The Balaban J connectivity index is 3.06. The van der Waals surface area contributed by atoms with Crippen LogP contribution in [0.25, 0.3) is 0 Å². The second kappa shape index (κ2) is 4.49. The normalized spacial score (nSPS) is 12.3. The molecule has 0 spiro atoms. The number of hydrogen-bond donors (Lipinski definition) is 3. The largest absolute Gasteiger partial charge is 0.416 e. The van der Waals surface area contributed by atoms with Crippen molar-refractivity contribution in [3.8, 4) is 0 Å². The number of hydrogen-bond acceptors (Lipinski definition) is 3. The summed E-state index contributed by atoms with van der Waals surface area (Å²) in [7, 11) is 0. The number of amides is 1. The second-order valence-corrected chi connectivity index (χ2v) is 4.48. The quantitative estimate of drug-likeness (QED) is 0.712. The number of anilines is 2. The van der Waals surface area contributed by atoms with Crippen LogP contribution in [0.1, 0.15) is 19.4 Å². The van der Waals surface area contributed by atoms with Crippen molar-refractivity contribution in [2.75, 3.05) is 11.1 Å². The van der Waals surface area contributed by atoms with Gasteiger partial charge in [0.05, 0.1) is 22.5 Å². The van der Waals surface area contributed by atoms with Gasteiger partial charge in [-0.15, -0.1) is 0 Å². The molecule has 4 nitrogen and oxygen atoms in total. The monoisotopic (exact) mass is 261 g/mol. The number of nitrogens with two attached hydrogens (primary N) is 2. The lowest BCUT2D eigenvalue weighted by molar-refractivity contribution is -0.137. The van der Waals surface area contributed by atoms with Crippen LogP contribution in [0.5, 0.6) is 0 Å². The van der Waals surface area contributed by atoms with Gasteiger partial charge in [-0.3, -0.25) is 4.79 Å². The molecule has 0 bridgehead atoms. The summed E-state index contributed by atoms with van der Waals surface area (Å²) in [6, 6.07) is 2.71. The smallest absolute Gasteiger partial charge is 0.397 e. The molecule has 5 N–H and O–H groups in total. The van der Waals surface area contributed by atoms with Gasteiger partial charge in [0.15, 0.2) is 0 Å². The van der Waals surface area contributed by atoms with E-state index in [1.807, 2.05) is 0 Å². The highest BCUT2D eigenvalue weighted by Gasteiger charge is 2.31. The molecule has 0 aliphatic carbocycles. The van der Waals surface area contributed by atoms with E-state index in [-0.39, 0.29) is 11.4 Å². The fraction of sp³-hybridized carbons (Fsp3) is 0.364. The van der Waals surface area contributed by atoms with Crippen LogP contribution in [0.3, 0.4) is 0 Å². The Morgan fingerprint density at radius 3 is 2.28 bits per heavy atom. The molecule has 1 aromatic rings. The average molecular weight is 261 g/mol. The molecule has 0 unspecified atom stereocenters. The summed E-state index contributed by atoms with van der Waals surface area (Å²) >= 11 is 0. The molecule has 100 valence electrons. The molecule has 0 heterocycles. The van der Waals surface area contributed by atoms with Gasteiger partial charge in [0, 0.05) is 0 Å². The highest BCUT2D eigenvalue weighted by Crippen LogP contribution is 2.33. The molecule has 1 amide bonds. The molecule has 0 aliphatic heterocycles. The van der Waals surface area contributed by atoms with E-state index in [0.29, 0.717) is 0 Å². The molecular formula is C11H14F3N3O. The summed E-state index contributed by atoms with van der Waals surface area (Å²) in [6.45, 7) is 2.87. The lowest BCUT2D eigenvalue weighted by Gasteiger charge is -2.19. The molecule has 1 rings (SSSR count). The van der Waals surface area contributed by atoms with Gasteiger partial charge in [0.2, 0.25) is 5.91 Å². The van der Waals surface area contributed by atoms with Crippen LogP contribution in [-0.2, 0) is 11.0 Å². The molecule has 0 aliphatic rings. The first-order valence-electron chi connectivity index (χ1n) is 5.09. The Morgan fingerprint density at radius 1 is 1.28 bits per heavy atom. The number of carbonyl (C=O) groups excluding carboxylic acids is 1. The molecule has 0 fully saturated rings. The van der Waals surface area contributed by atoms with Crippen molar-refractivity contribution in [3.05, 3.63) is 23.8 Å². The number of nitrogen functional groups attached to an aromatic ring is 1. The van der Waals surface area contributed by atoms with Gasteiger partial charge in [0.1, 0.15) is 0 Å². The highest BCUT2D eigenvalue weighted by molar-refractivity contribution is 5.99. The Morgan fingerprint density at radius 2 is 1.83 bits per heavy atom. The van der Waals surface area contributed by atoms with Crippen LogP contribution in [0.15, 0.2) is 18.2 Å². The predicted molar refractivity (Wildman–Crippen MR) is 62.8 cm³/mol. The van der Waals surface area contributed by atoms with Crippen LogP contribution >= 0.6 is 0 Å². The number of rotatable bonds is 2. The first kappa shape index (κ1) is 14.3. The van der Waals surface area contributed by atoms with E-state index in [1.54, 1.807) is 0 Å². The molecular weight excluding hydrogens is 247 g/mol. The minimum atomic E-state index is -4.49. The SMILES string of the molecule is CC(C)(N)C(=O)Nc1cc(C(F)(F)F)ccc1N. The third-order valence-corrected chi connectivity index (χ3v) is 2.21. The number of alkyl halides is 3. The number of nitrogens with one attached hydrogen (secondary N) is 1. The lowest BCUT2D eigenvalue weighted by atomic mass is 10.1.